The average Bonchev–Trinajstić information content (AvgIpc) is 2.89. The Hall–Kier alpha value is -1.92. The highest BCUT2D eigenvalue weighted by molar-refractivity contribution is 5.76. The van der Waals surface area contributed by atoms with Crippen molar-refractivity contribution in [1.82, 2.24) is 15.0 Å². The molecule has 0 saturated carbocycles. The van der Waals surface area contributed by atoms with Crippen LogP contribution in [0.4, 0.5) is 0 Å². The molecule has 1 aromatic heterocycles. The maximum Gasteiger partial charge on any atom is 0.303 e. The van der Waals surface area contributed by atoms with Crippen molar-refractivity contribution in [1.29, 1.82) is 0 Å². The van der Waals surface area contributed by atoms with Crippen LogP contribution in [0.5, 0.6) is 0 Å². The molecule has 116 valence electrons. The third-order valence-corrected chi connectivity index (χ3v) is 3.86. The summed E-state index contributed by atoms with van der Waals surface area (Å²) in [5.74, 6) is 0.850. The normalized spacial score (nSPS) is 16.1. The number of rotatable bonds is 6. The highest BCUT2D eigenvalue weighted by atomic mass is 16.5. The van der Waals surface area contributed by atoms with Crippen molar-refractivity contribution >= 4 is 11.9 Å². The maximum absolute atomic E-state index is 12.1. The second-order valence-corrected chi connectivity index (χ2v) is 5.49. The highest BCUT2D eigenvalue weighted by Gasteiger charge is 2.23. The summed E-state index contributed by atoms with van der Waals surface area (Å²) in [5, 5.41) is 12.4. The summed E-state index contributed by atoms with van der Waals surface area (Å²) in [6.45, 7) is 3.18. The zero-order valence-electron chi connectivity index (χ0n) is 12.2. The van der Waals surface area contributed by atoms with Crippen LogP contribution in [0, 0.1) is 12.8 Å². The van der Waals surface area contributed by atoms with Crippen LogP contribution in [-0.2, 0) is 16.0 Å². The Morgan fingerprint density at radius 2 is 2.05 bits per heavy atom. The van der Waals surface area contributed by atoms with Gasteiger partial charge >= 0.3 is 5.97 Å². The van der Waals surface area contributed by atoms with Crippen molar-refractivity contribution in [2.45, 2.75) is 45.4 Å². The first-order valence-electron chi connectivity index (χ1n) is 7.33. The van der Waals surface area contributed by atoms with E-state index in [1.807, 2.05) is 4.90 Å². The van der Waals surface area contributed by atoms with E-state index in [0.29, 0.717) is 50.0 Å². The second kappa shape index (κ2) is 7.19. The van der Waals surface area contributed by atoms with Gasteiger partial charge in [0.25, 0.3) is 0 Å². The van der Waals surface area contributed by atoms with Gasteiger partial charge in [-0.1, -0.05) is 5.16 Å². The number of aliphatic carboxylic acids is 1. The van der Waals surface area contributed by atoms with Crippen molar-refractivity contribution in [2.75, 3.05) is 13.1 Å². The highest BCUT2D eigenvalue weighted by Crippen LogP contribution is 2.22. The number of carbonyl (C=O) groups is 2. The van der Waals surface area contributed by atoms with E-state index in [-0.39, 0.29) is 12.3 Å². The van der Waals surface area contributed by atoms with Gasteiger partial charge in [-0.2, -0.15) is 4.98 Å². The molecule has 0 radical (unpaired) electrons. The fourth-order valence-electron chi connectivity index (χ4n) is 2.61. The molecule has 7 nitrogen and oxygen atoms in total. The third-order valence-electron chi connectivity index (χ3n) is 3.86. The quantitative estimate of drug-likeness (QED) is 0.852. The van der Waals surface area contributed by atoms with Gasteiger partial charge < -0.3 is 14.5 Å². The number of aryl methyl sites for hydroxylation is 2. The smallest absolute Gasteiger partial charge is 0.303 e. The average molecular weight is 295 g/mol. The van der Waals surface area contributed by atoms with Crippen molar-refractivity contribution in [3.8, 4) is 0 Å². The van der Waals surface area contributed by atoms with Gasteiger partial charge in [0, 0.05) is 32.4 Å². The van der Waals surface area contributed by atoms with E-state index >= 15 is 0 Å². The van der Waals surface area contributed by atoms with Crippen LogP contribution in [0.3, 0.4) is 0 Å². The second-order valence-electron chi connectivity index (χ2n) is 5.49. The first kappa shape index (κ1) is 15.5. The fraction of sp³-hybridized carbons (Fsp3) is 0.714. The topological polar surface area (TPSA) is 96.5 Å². The third kappa shape index (κ3) is 4.84. The molecule has 7 heteroatoms. The van der Waals surface area contributed by atoms with E-state index < -0.39 is 5.97 Å². The molecule has 1 aromatic rings. The maximum atomic E-state index is 12.1. The number of nitrogens with zero attached hydrogens (tertiary/aromatic N) is 3. The van der Waals surface area contributed by atoms with Crippen molar-refractivity contribution in [3.63, 3.8) is 0 Å². The number of carboxylic acids is 1. The van der Waals surface area contributed by atoms with Gasteiger partial charge in [0.15, 0.2) is 5.82 Å². The Morgan fingerprint density at radius 1 is 1.33 bits per heavy atom. The molecule has 0 unspecified atom stereocenters. The molecule has 1 N–H and O–H groups in total. The van der Waals surface area contributed by atoms with E-state index in [1.165, 1.54) is 0 Å². The zero-order chi connectivity index (χ0) is 15.2. The number of amides is 1. The minimum atomic E-state index is -0.747. The van der Waals surface area contributed by atoms with Crippen LogP contribution in [-0.4, -0.2) is 45.1 Å². The molecule has 1 fully saturated rings. The fourth-order valence-corrected chi connectivity index (χ4v) is 2.61. The zero-order valence-corrected chi connectivity index (χ0v) is 12.2. The molecule has 0 aromatic carbocycles. The molecule has 1 amide bonds. The molecule has 0 spiro atoms. The Kier molecular flexibility index (Phi) is 5.30. The molecule has 1 aliphatic rings. The summed E-state index contributed by atoms with van der Waals surface area (Å²) in [6, 6.07) is 0. The van der Waals surface area contributed by atoms with Gasteiger partial charge in [-0.25, -0.2) is 0 Å². The van der Waals surface area contributed by atoms with E-state index in [4.69, 9.17) is 9.63 Å². The molecule has 1 saturated heterocycles. The van der Waals surface area contributed by atoms with Crippen molar-refractivity contribution in [3.05, 3.63) is 11.7 Å². The molecule has 1 aliphatic heterocycles. The number of hydrogen-bond acceptors (Lipinski definition) is 5. The minimum absolute atomic E-state index is 0.0996. The molecule has 0 atom stereocenters. The predicted molar refractivity (Wildman–Crippen MR) is 73.5 cm³/mol. The lowest BCUT2D eigenvalue weighted by molar-refractivity contribution is -0.138. The number of likely N-dealkylation sites (tertiary alicyclic amines) is 1. The number of hydrogen-bond donors (Lipinski definition) is 1. The first-order chi connectivity index (χ1) is 10.0. The van der Waals surface area contributed by atoms with Gasteiger partial charge in [-0.3, -0.25) is 9.59 Å². The van der Waals surface area contributed by atoms with Gasteiger partial charge in [-0.05, 0) is 32.1 Å². The summed E-state index contributed by atoms with van der Waals surface area (Å²) in [4.78, 5) is 28.6. The lowest BCUT2D eigenvalue weighted by atomic mass is 9.92. The van der Waals surface area contributed by atoms with Gasteiger partial charge in [0.1, 0.15) is 0 Å². The van der Waals surface area contributed by atoms with E-state index in [2.05, 4.69) is 10.1 Å². The molecular formula is C14H21N3O4. The number of aromatic nitrogens is 2. The van der Waals surface area contributed by atoms with Gasteiger partial charge in [-0.15, -0.1) is 0 Å². The largest absolute Gasteiger partial charge is 0.481 e. The van der Waals surface area contributed by atoms with Crippen LogP contribution >= 0.6 is 0 Å². The Balaban J connectivity index is 1.69. The van der Waals surface area contributed by atoms with Crippen molar-refractivity contribution in [2.24, 2.45) is 5.92 Å². The summed E-state index contributed by atoms with van der Waals surface area (Å²) in [5.41, 5.74) is 0. The Morgan fingerprint density at radius 3 is 2.62 bits per heavy atom. The molecule has 21 heavy (non-hydrogen) atoms. The summed E-state index contributed by atoms with van der Waals surface area (Å²) in [6.07, 6.45) is 3.55. The predicted octanol–water partition coefficient (Wildman–Crippen LogP) is 1.41. The number of carbonyl (C=O) groups excluding carboxylic acids is 1. The van der Waals surface area contributed by atoms with Crippen molar-refractivity contribution < 1.29 is 19.2 Å². The van der Waals surface area contributed by atoms with E-state index in [1.54, 1.807) is 6.92 Å². The van der Waals surface area contributed by atoms with Gasteiger partial charge in [0.05, 0.1) is 0 Å². The lowest BCUT2D eigenvalue weighted by Crippen LogP contribution is -2.38. The SMILES string of the molecule is Cc1noc(CCC(=O)N2CCC(CCC(=O)O)CC2)n1. The Bertz CT molecular complexity index is 492. The van der Waals surface area contributed by atoms with Crippen LogP contribution < -0.4 is 0 Å². The molecule has 2 heterocycles. The van der Waals surface area contributed by atoms with Crippen LogP contribution in [0.15, 0.2) is 4.52 Å². The molecular weight excluding hydrogens is 274 g/mol. The summed E-state index contributed by atoms with van der Waals surface area (Å²) in [7, 11) is 0. The minimum Gasteiger partial charge on any atom is -0.481 e. The summed E-state index contributed by atoms with van der Waals surface area (Å²) < 4.78 is 4.99. The number of carboxylic acid groups (broad SMARTS) is 1. The molecule has 0 bridgehead atoms. The van der Waals surface area contributed by atoms with Gasteiger partial charge in [0.2, 0.25) is 11.8 Å². The van der Waals surface area contributed by atoms with E-state index in [9.17, 15) is 9.59 Å². The van der Waals surface area contributed by atoms with Crippen LogP contribution in [0.2, 0.25) is 0 Å². The number of piperidine rings is 1. The first-order valence-corrected chi connectivity index (χ1v) is 7.33. The molecule has 2 rings (SSSR count). The Labute approximate surface area is 123 Å². The monoisotopic (exact) mass is 295 g/mol. The lowest BCUT2D eigenvalue weighted by Gasteiger charge is -2.31. The van der Waals surface area contributed by atoms with E-state index in [0.717, 1.165) is 12.8 Å². The standard InChI is InChI=1S/C14H21N3O4/c1-10-15-12(21-16-10)3-4-13(18)17-8-6-11(7-9-17)2-5-14(19)20/h11H,2-9H2,1H3,(H,19,20). The van der Waals surface area contributed by atoms with Crippen LogP contribution in [0.25, 0.3) is 0 Å². The molecule has 0 aliphatic carbocycles. The van der Waals surface area contributed by atoms with Crippen LogP contribution in [0.1, 0.15) is 43.8 Å². The summed E-state index contributed by atoms with van der Waals surface area (Å²) >= 11 is 0.